The zero-order chi connectivity index (χ0) is 15.9. The van der Waals surface area contributed by atoms with E-state index in [0.29, 0.717) is 17.5 Å². The first-order valence-electron chi connectivity index (χ1n) is 6.55. The van der Waals surface area contributed by atoms with Gasteiger partial charge in [0.25, 0.3) is 11.7 Å². The predicted octanol–water partition coefficient (Wildman–Crippen LogP) is 3.94. The van der Waals surface area contributed by atoms with Gasteiger partial charge >= 0.3 is 0 Å². The third kappa shape index (κ3) is 4.21. The van der Waals surface area contributed by atoms with Crippen LogP contribution in [-0.4, -0.2) is 18.8 Å². The van der Waals surface area contributed by atoms with Crippen molar-refractivity contribution in [1.29, 1.82) is 0 Å². The summed E-state index contributed by atoms with van der Waals surface area (Å²) in [5.41, 5.74) is 1.06. The number of nitrogens with one attached hydrogen (secondary N) is 1. The van der Waals surface area contributed by atoms with Gasteiger partial charge in [-0.3, -0.25) is 4.79 Å². The molecule has 0 radical (unpaired) electrons. The Kier molecular flexibility index (Phi) is 5.77. The van der Waals surface area contributed by atoms with Crippen molar-refractivity contribution in [3.8, 4) is 5.75 Å². The van der Waals surface area contributed by atoms with Gasteiger partial charge in [0.1, 0.15) is 5.75 Å². The first kappa shape index (κ1) is 16.3. The lowest BCUT2D eigenvalue weighted by molar-refractivity contribution is 0.0947. The number of para-hydroxylation sites is 1. The number of carbonyl (C=O) groups is 1. The fourth-order valence-corrected chi connectivity index (χ4v) is 2.61. The van der Waals surface area contributed by atoms with Crippen LogP contribution < -0.4 is 10.1 Å². The van der Waals surface area contributed by atoms with Gasteiger partial charge in [-0.2, -0.15) is 8.78 Å². The lowest BCUT2D eigenvalue weighted by Gasteiger charge is -2.11. The summed E-state index contributed by atoms with van der Waals surface area (Å²) >= 11 is 0.364. The Balaban J connectivity index is 2.10. The van der Waals surface area contributed by atoms with E-state index >= 15 is 0 Å². The van der Waals surface area contributed by atoms with Crippen molar-refractivity contribution in [1.82, 2.24) is 5.32 Å². The molecule has 0 aliphatic carbocycles. The Hall–Kier alpha value is -2.08. The molecule has 0 unspecified atom stereocenters. The number of carbonyl (C=O) groups excluding carboxylic acids is 1. The average Bonchev–Trinajstić information content (AvgIpc) is 2.52. The first-order valence-corrected chi connectivity index (χ1v) is 7.43. The van der Waals surface area contributed by atoms with E-state index in [4.69, 9.17) is 4.74 Å². The minimum Gasteiger partial charge on any atom is -0.496 e. The molecule has 116 valence electrons. The normalized spacial score (nSPS) is 10.5. The second kappa shape index (κ2) is 7.79. The molecule has 0 heterocycles. The Bertz CT molecular complexity index is 650. The Morgan fingerprint density at radius 3 is 2.59 bits per heavy atom. The SMILES string of the molecule is COc1ccccc1CNC(=O)c1ccccc1SC(F)F. The highest BCUT2D eigenvalue weighted by atomic mass is 32.2. The van der Waals surface area contributed by atoms with E-state index < -0.39 is 11.7 Å². The number of halogens is 2. The Morgan fingerprint density at radius 2 is 1.86 bits per heavy atom. The van der Waals surface area contributed by atoms with Gasteiger partial charge < -0.3 is 10.1 Å². The molecule has 0 spiro atoms. The number of benzene rings is 2. The molecule has 2 aromatic rings. The Morgan fingerprint density at radius 1 is 1.18 bits per heavy atom. The maximum absolute atomic E-state index is 12.5. The van der Waals surface area contributed by atoms with Crippen molar-refractivity contribution in [3.05, 3.63) is 59.7 Å². The molecule has 3 nitrogen and oxygen atoms in total. The minimum atomic E-state index is -2.57. The van der Waals surface area contributed by atoms with Gasteiger partial charge in [-0.1, -0.05) is 42.1 Å². The van der Waals surface area contributed by atoms with E-state index in [1.54, 1.807) is 25.3 Å². The topological polar surface area (TPSA) is 38.3 Å². The second-order valence-corrected chi connectivity index (χ2v) is 5.40. The third-order valence-corrected chi connectivity index (χ3v) is 3.77. The fraction of sp³-hybridized carbons (Fsp3) is 0.188. The molecule has 0 saturated heterocycles. The number of ether oxygens (including phenoxy) is 1. The van der Waals surface area contributed by atoms with Crippen LogP contribution in [-0.2, 0) is 6.54 Å². The van der Waals surface area contributed by atoms with Crippen molar-refractivity contribution < 1.29 is 18.3 Å². The van der Waals surface area contributed by atoms with Crippen LogP contribution in [0.2, 0.25) is 0 Å². The van der Waals surface area contributed by atoms with E-state index in [9.17, 15) is 13.6 Å². The number of rotatable bonds is 6. The van der Waals surface area contributed by atoms with Crippen LogP contribution in [0.15, 0.2) is 53.4 Å². The summed E-state index contributed by atoms with van der Waals surface area (Å²) < 4.78 is 30.3. The first-order chi connectivity index (χ1) is 10.6. The summed E-state index contributed by atoms with van der Waals surface area (Å²) in [5.74, 6) is -2.30. The average molecular weight is 323 g/mol. The Labute approximate surface area is 131 Å². The molecule has 0 saturated carbocycles. The number of amides is 1. The minimum absolute atomic E-state index is 0.239. The lowest BCUT2D eigenvalue weighted by Crippen LogP contribution is -2.23. The lowest BCUT2D eigenvalue weighted by atomic mass is 10.1. The fourth-order valence-electron chi connectivity index (χ4n) is 1.97. The third-order valence-electron chi connectivity index (χ3n) is 2.98. The van der Waals surface area contributed by atoms with Gasteiger partial charge in [0.05, 0.1) is 12.7 Å². The largest absolute Gasteiger partial charge is 0.496 e. The van der Waals surface area contributed by atoms with Crippen molar-refractivity contribution in [2.45, 2.75) is 17.2 Å². The van der Waals surface area contributed by atoms with Crippen LogP contribution in [0.25, 0.3) is 0 Å². The number of alkyl halides is 2. The molecule has 0 atom stereocenters. The quantitative estimate of drug-likeness (QED) is 0.818. The predicted molar refractivity (Wildman–Crippen MR) is 82.5 cm³/mol. The van der Waals surface area contributed by atoms with E-state index in [-0.39, 0.29) is 17.0 Å². The molecule has 2 rings (SSSR count). The summed E-state index contributed by atoms with van der Waals surface area (Å²) in [5, 5.41) is 2.73. The highest BCUT2D eigenvalue weighted by Gasteiger charge is 2.15. The monoisotopic (exact) mass is 323 g/mol. The van der Waals surface area contributed by atoms with E-state index in [1.165, 1.54) is 12.1 Å². The maximum Gasteiger partial charge on any atom is 0.288 e. The molecule has 0 aromatic heterocycles. The van der Waals surface area contributed by atoms with Gasteiger partial charge in [-0.25, -0.2) is 0 Å². The van der Waals surface area contributed by atoms with Crippen LogP contribution in [0.3, 0.4) is 0 Å². The van der Waals surface area contributed by atoms with Gasteiger partial charge in [-0.05, 0) is 18.2 Å². The maximum atomic E-state index is 12.5. The number of hydrogen-bond acceptors (Lipinski definition) is 3. The standard InChI is InChI=1S/C16H15F2NO2S/c1-21-13-8-4-2-6-11(13)10-19-15(20)12-7-3-5-9-14(12)22-16(17)18/h2-9,16H,10H2,1H3,(H,19,20). The van der Waals surface area contributed by atoms with Crippen LogP contribution in [0.5, 0.6) is 5.75 Å². The molecule has 0 fully saturated rings. The summed E-state index contributed by atoms with van der Waals surface area (Å²) in [7, 11) is 1.55. The second-order valence-electron chi connectivity index (χ2n) is 4.37. The molecular formula is C16H15F2NO2S. The zero-order valence-corrected chi connectivity index (χ0v) is 12.7. The van der Waals surface area contributed by atoms with Gasteiger partial charge in [0.15, 0.2) is 0 Å². The summed E-state index contributed by atoms with van der Waals surface area (Å²) in [6.45, 7) is 0.260. The smallest absolute Gasteiger partial charge is 0.288 e. The van der Waals surface area contributed by atoms with Crippen molar-refractivity contribution in [2.75, 3.05) is 7.11 Å². The summed E-state index contributed by atoms with van der Waals surface area (Å²) in [4.78, 5) is 12.5. The number of thioether (sulfide) groups is 1. The van der Waals surface area contributed by atoms with Gasteiger partial charge in [-0.15, -0.1) is 0 Å². The molecule has 1 N–H and O–H groups in total. The van der Waals surface area contributed by atoms with Crippen molar-refractivity contribution in [3.63, 3.8) is 0 Å². The van der Waals surface area contributed by atoms with Crippen molar-refractivity contribution >= 4 is 17.7 Å². The summed E-state index contributed by atoms with van der Waals surface area (Å²) in [6.07, 6.45) is 0. The van der Waals surface area contributed by atoms with Crippen molar-refractivity contribution in [2.24, 2.45) is 0 Å². The highest BCUT2D eigenvalue weighted by Crippen LogP contribution is 2.28. The summed E-state index contributed by atoms with van der Waals surface area (Å²) in [6, 6.07) is 13.6. The van der Waals surface area contributed by atoms with E-state index in [2.05, 4.69) is 5.32 Å². The van der Waals surface area contributed by atoms with E-state index in [1.807, 2.05) is 18.2 Å². The van der Waals surface area contributed by atoms with Gasteiger partial charge in [0.2, 0.25) is 0 Å². The number of hydrogen-bond donors (Lipinski definition) is 1. The highest BCUT2D eigenvalue weighted by molar-refractivity contribution is 7.99. The van der Waals surface area contributed by atoms with Crippen LogP contribution in [0.1, 0.15) is 15.9 Å². The van der Waals surface area contributed by atoms with Crippen LogP contribution in [0, 0.1) is 0 Å². The molecule has 6 heteroatoms. The van der Waals surface area contributed by atoms with Crippen LogP contribution in [0.4, 0.5) is 8.78 Å². The number of methoxy groups -OCH3 is 1. The molecule has 0 aliphatic heterocycles. The molecule has 1 amide bonds. The van der Waals surface area contributed by atoms with E-state index in [0.717, 1.165) is 5.56 Å². The molecule has 0 aliphatic rings. The van der Waals surface area contributed by atoms with Crippen LogP contribution >= 0.6 is 11.8 Å². The molecule has 22 heavy (non-hydrogen) atoms. The molecule has 2 aromatic carbocycles. The van der Waals surface area contributed by atoms with Gasteiger partial charge in [0, 0.05) is 17.0 Å². The molecular weight excluding hydrogens is 308 g/mol. The molecule has 0 bridgehead atoms. The zero-order valence-electron chi connectivity index (χ0n) is 11.9.